The van der Waals surface area contributed by atoms with Gasteiger partial charge in [0, 0.05) is 11.6 Å². The summed E-state index contributed by atoms with van der Waals surface area (Å²) < 4.78 is 14.1. The maximum atomic E-state index is 12.8. The van der Waals surface area contributed by atoms with Gasteiger partial charge in [-0.25, -0.2) is 9.37 Å². The zero-order valence-corrected chi connectivity index (χ0v) is 9.51. The van der Waals surface area contributed by atoms with Gasteiger partial charge in [-0.3, -0.25) is 9.89 Å². The zero-order chi connectivity index (χ0) is 12.7. The van der Waals surface area contributed by atoms with Crippen molar-refractivity contribution in [1.82, 2.24) is 19.6 Å². The second kappa shape index (κ2) is 3.76. The molecule has 0 fully saturated rings. The summed E-state index contributed by atoms with van der Waals surface area (Å²) in [5.41, 5.74) is 0.906. The van der Waals surface area contributed by atoms with Crippen LogP contribution in [0.25, 0.3) is 17.0 Å². The summed E-state index contributed by atoms with van der Waals surface area (Å²) in [7, 11) is 0. The third-order valence-electron chi connectivity index (χ3n) is 2.58. The summed E-state index contributed by atoms with van der Waals surface area (Å²) in [6.07, 6.45) is 0. The molecule has 1 N–H and O–H groups in total. The fourth-order valence-corrected chi connectivity index (χ4v) is 1.76. The number of aromatic amines is 1. The molecule has 0 spiro atoms. The number of aryl methyl sites for hydroxylation is 1. The van der Waals surface area contributed by atoms with E-state index in [1.165, 1.54) is 22.7 Å². The van der Waals surface area contributed by atoms with E-state index in [4.69, 9.17) is 0 Å². The monoisotopic (exact) mass is 244 g/mol. The standard InChI is InChI=1S/C12H9FN4O/c1-7-14-12-15-10(6-11(18)17(12)16-7)8-2-4-9(13)5-3-8/h2-6H,1H3,(H,14,15,16). The maximum Gasteiger partial charge on any atom is 0.274 e. The molecular formula is C12H9FN4O. The molecule has 3 rings (SSSR count). The van der Waals surface area contributed by atoms with E-state index in [0.29, 0.717) is 22.9 Å². The molecular weight excluding hydrogens is 235 g/mol. The minimum atomic E-state index is -0.327. The van der Waals surface area contributed by atoms with Crippen LogP contribution < -0.4 is 5.56 Å². The molecule has 3 aromatic rings. The van der Waals surface area contributed by atoms with Crippen LogP contribution in [0.3, 0.4) is 0 Å². The van der Waals surface area contributed by atoms with Crippen LogP contribution in [0, 0.1) is 12.7 Å². The second-order valence-corrected chi connectivity index (χ2v) is 3.93. The smallest absolute Gasteiger partial charge is 0.274 e. The molecule has 0 amide bonds. The number of rotatable bonds is 1. The molecule has 0 aliphatic heterocycles. The van der Waals surface area contributed by atoms with Gasteiger partial charge in [0.15, 0.2) is 0 Å². The lowest BCUT2D eigenvalue weighted by atomic mass is 10.1. The first kappa shape index (κ1) is 10.6. The molecule has 0 radical (unpaired) electrons. The number of hydrogen-bond donors (Lipinski definition) is 1. The van der Waals surface area contributed by atoms with Gasteiger partial charge in [0.25, 0.3) is 11.3 Å². The molecule has 0 unspecified atom stereocenters. The van der Waals surface area contributed by atoms with E-state index in [0.717, 1.165) is 0 Å². The van der Waals surface area contributed by atoms with Crippen LogP contribution in [0.2, 0.25) is 0 Å². The van der Waals surface area contributed by atoms with Crippen molar-refractivity contribution in [3.8, 4) is 11.3 Å². The molecule has 90 valence electrons. The summed E-state index contributed by atoms with van der Waals surface area (Å²) in [5, 5.41) is 2.79. The average molecular weight is 244 g/mol. The van der Waals surface area contributed by atoms with Crippen LogP contribution in [0.15, 0.2) is 35.1 Å². The molecule has 5 nitrogen and oxygen atoms in total. The van der Waals surface area contributed by atoms with Gasteiger partial charge in [0.1, 0.15) is 11.6 Å². The van der Waals surface area contributed by atoms with Gasteiger partial charge in [-0.2, -0.15) is 9.50 Å². The molecule has 2 aromatic heterocycles. The number of benzene rings is 1. The Balaban J connectivity index is 2.24. The Labute approximate surface area is 101 Å². The van der Waals surface area contributed by atoms with Crippen LogP contribution in [0.4, 0.5) is 4.39 Å². The highest BCUT2D eigenvalue weighted by Crippen LogP contribution is 2.16. The molecule has 18 heavy (non-hydrogen) atoms. The van der Waals surface area contributed by atoms with Crippen LogP contribution in [-0.4, -0.2) is 19.6 Å². The summed E-state index contributed by atoms with van der Waals surface area (Å²) in [4.78, 5) is 20.2. The number of nitrogens with one attached hydrogen (secondary N) is 1. The van der Waals surface area contributed by atoms with Gasteiger partial charge in [-0.05, 0) is 31.2 Å². The predicted octanol–water partition coefficient (Wildman–Crippen LogP) is 1.53. The van der Waals surface area contributed by atoms with Gasteiger partial charge in [-0.15, -0.1) is 0 Å². The molecule has 0 atom stereocenters. The van der Waals surface area contributed by atoms with Gasteiger partial charge >= 0.3 is 0 Å². The molecule has 0 saturated heterocycles. The topological polar surface area (TPSA) is 63.1 Å². The third-order valence-corrected chi connectivity index (χ3v) is 2.58. The lowest BCUT2D eigenvalue weighted by Gasteiger charge is -2.00. The lowest BCUT2D eigenvalue weighted by Crippen LogP contribution is -2.14. The van der Waals surface area contributed by atoms with Crippen LogP contribution >= 0.6 is 0 Å². The molecule has 6 heteroatoms. The Morgan fingerprint density at radius 3 is 2.67 bits per heavy atom. The van der Waals surface area contributed by atoms with Gasteiger partial charge in [0.05, 0.1) is 5.69 Å². The largest absolute Gasteiger partial charge is 0.275 e. The van der Waals surface area contributed by atoms with Gasteiger partial charge < -0.3 is 0 Å². The first-order valence-corrected chi connectivity index (χ1v) is 5.36. The highest BCUT2D eigenvalue weighted by Gasteiger charge is 2.07. The fraction of sp³-hybridized carbons (Fsp3) is 0.0833. The summed E-state index contributed by atoms with van der Waals surface area (Å²) in [6, 6.07) is 7.20. The lowest BCUT2D eigenvalue weighted by molar-refractivity contribution is 0.628. The van der Waals surface area contributed by atoms with E-state index < -0.39 is 0 Å². The van der Waals surface area contributed by atoms with E-state index in [-0.39, 0.29) is 11.4 Å². The zero-order valence-electron chi connectivity index (χ0n) is 9.51. The Morgan fingerprint density at radius 1 is 1.22 bits per heavy atom. The second-order valence-electron chi connectivity index (χ2n) is 3.93. The summed E-state index contributed by atoms with van der Waals surface area (Å²) in [5.74, 6) is 0.586. The van der Waals surface area contributed by atoms with Crippen LogP contribution in [0.5, 0.6) is 0 Å². The number of hydrogen-bond acceptors (Lipinski definition) is 3. The Morgan fingerprint density at radius 2 is 1.94 bits per heavy atom. The van der Waals surface area contributed by atoms with E-state index in [1.807, 2.05) is 0 Å². The minimum Gasteiger partial charge on any atom is -0.275 e. The number of fused-ring (bicyclic) bond motifs is 1. The highest BCUT2D eigenvalue weighted by molar-refractivity contribution is 5.60. The highest BCUT2D eigenvalue weighted by atomic mass is 19.1. The van der Waals surface area contributed by atoms with Gasteiger partial charge in [0.2, 0.25) is 0 Å². The molecule has 0 saturated carbocycles. The van der Waals surface area contributed by atoms with Crippen molar-refractivity contribution in [3.05, 3.63) is 52.3 Å². The van der Waals surface area contributed by atoms with Crippen LogP contribution in [-0.2, 0) is 0 Å². The van der Waals surface area contributed by atoms with E-state index in [1.54, 1.807) is 19.1 Å². The Hall–Kier alpha value is -2.50. The van der Waals surface area contributed by atoms with Crippen molar-refractivity contribution in [1.29, 1.82) is 0 Å². The molecule has 0 aliphatic carbocycles. The quantitative estimate of drug-likeness (QED) is 0.706. The number of halogens is 1. The number of aromatic nitrogens is 4. The van der Waals surface area contributed by atoms with E-state index in [2.05, 4.69) is 15.1 Å². The van der Waals surface area contributed by atoms with E-state index >= 15 is 0 Å². The van der Waals surface area contributed by atoms with Crippen molar-refractivity contribution in [2.75, 3.05) is 0 Å². The maximum absolute atomic E-state index is 12.8. The molecule has 1 aromatic carbocycles. The van der Waals surface area contributed by atoms with Crippen molar-refractivity contribution in [3.63, 3.8) is 0 Å². The Kier molecular flexibility index (Phi) is 2.22. The first-order valence-electron chi connectivity index (χ1n) is 5.36. The van der Waals surface area contributed by atoms with Crippen molar-refractivity contribution < 1.29 is 4.39 Å². The van der Waals surface area contributed by atoms with Gasteiger partial charge in [-0.1, -0.05) is 0 Å². The first-order chi connectivity index (χ1) is 8.63. The minimum absolute atomic E-state index is 0.250. The number of H-pyrrole nitrogens is 1. The van der Waals surface area contributed by atoms with Crippen molar-refractivity contribution >= 4 is 5.78 Å². The SMILES string of the molecule is Cc1nc2nc(-c3ccc(F)cc3)cc(=O)n2[nH]1. The van der Waals surface area contributed by atoms with Crippen molar-refractivity contribution in [2.24, 2.45) is 0 Å². The molecule has 0 bridgehead atoms. The van der Waals surface area contributed by atoms with Crippen molar-refractivity contribution in [2.45, 2.75) is 6.92 Å². The predicted molar refractivity (Wildman–Crippen MR) is 63.7 cm³/mol. The van der Waals surface area contributed by atoms with E-state index in [9.17, 15) is 9.18 Å². The third kappa shape index (κ3) is 1.67. The van der Waals surface area contributed by atoms with Crippen LogP contribution in [0.1, 0.15) is 5.82 Å². The number of nitrogens with zero attached hydrogens (tertiary/aromatic N) is 3. The summed E-state index contributed by atoms with van der Waals surface area (Å²) >= 11 is 0. The fourth-order valence-electron chi connectivity index (χ4n) is 1.76. The normalized spacial score (nSPS) is 11.0. The average Bonchev–Trinajstić information content (AvgIpc) is 2.71. The molecule has 0 aliphatic rings. The summed E-state index contributed by atoms with van der Waals surface area (Å²) in [6.45, 7) is 1.74. The Bertz CT molecular complexity index is 773. The molecule has 2 heterocycles.